The standard InChI is InChI=1S/C18H20N2S/c1-12-15-8-4-5-10-17(15)21-18(12)14(3)20-13(2)16-9-6-7-11-19-16/h4-11,13-14,20H,1-3H3. The van der Waals surface area contributed by atoms with Crippen molar-refractivity contribution < 1.29 is 0 Å². The Hall–Kier alpha value is -1.71. The summed E-state index contributed by atoms with van der Waals surface area (Å²) >= 11 is 1.89. The predicted molar refractivity (Wildman–Crippen MR) is 90.8 cm³/mol. The molecular formula is C18H20N2S. The quantitative estimate of drug-likeness (QED) is 0.731. The van der Waals surface area contributed by atoms with Crippen molar-refractivity contribution in [3.63, 3.8) is 0 Å². The Morgan fingerprint density at radius 3 is 2.48 bits per heavy atom. The molecule has 0 radical (unpaired) electrons. The summed E-state index contributed by atoms with van der Waals surface area (Å²) in [6.45, 7) is 6.62. The lowest BCUT2D eigenvalue weighted by atomic mass is 10.1. The Morgan fingerprint density at radius 2 is 1.76 bits per heavy atom. The number of hydrogen-bond donors (Lipinski definition) is 1. The maximum absolute atomic E-state index is 4.43. The minimum atomic E-state index is 0.241. The molecule has 0 aliphatic carbocycles. The van der Waals surface area contributed by atoms with Gasteiger partial charge in [-0.2, -0.15) is 0 Å². The maximum Gasteiger partial charge on any atom is 0.0570 e. The van der Waals surface area contributed by atoms with Crippen LogP contribution in [0.15, 0.2) is 48.7 Å². The minimum absolute atomic E-state index is 0.241. The Morgan fingerprint density at radius 1 is 1.00 bits per heavy atom. The molecule has 0 spiro atoms. The second-order valence-corrected chi connectivity index (χ2v) is 6.54. The highest BCUT2D eigenvalue weighted by molar-refractivity contribution is 7.19. The van der Waals surface area contributed by atoms with Crippen molar-refractivity contribution in [1.29, 1.82) is 0 Å². The van der Waals surface area contributed by atoms with Gasteiger partial charge in [-0.15, -0.1) is 11.3 Å². The van der Waals surface area contributed by atoms with Crippen molar-refractivity contribution in [2.45, 2.75) is 32.9 Å². The monoisotopic (exact) mass is 296 g/mol. The molecule has 0 amide bonds. The lowest BCUT2D eigenvalue weighted by molar-refractivity contribution is 0.490. The first-order valence-electron chi connectivity index (χ1n) is 7.32. The summed E-state index contributed by atoms with van der Waals surface area (Å²) in [7, 11) is 0. The molecule has 3 aromatic rings. The fourth-order valence-electron chi connectivity index (χ4n) is 2.77. The summed E-state index contributed by atoms with van der Waals surface area (Å²) < 4.78 is 1.36. The fraction of sp³-hybridized carbons (Fsp3) is 0.278. The zero-order valence-electron chi connectivity index (χ0n) is 12.6. The number of nitrogens with one attached hydrogen (secondary N) is 1. The van der Waals surface area contributed by atoms with E-state index in [0.29, 0.717) is 6.04 Å². The van der Waals surface area contributed by atoms with Gasteiger partial charge in [0.1, 0.15) is 0 Å². The van der Waals surface area contributed by atoms with Crippen LogP contribution in [0.4, 0.5) is 0 Å². The molecule has 2 unspecified atom stereocenters. The van der Waals surface area contributed by atoms with Crippen molar-refractivity contribution in [3.05, 3.63) is 64.8 Å². The highest BCUT2D eigenvalue weighted by Crippen LogP contribution is 2.35. The third kappa shape index (κ3) is 2.85. The average Bonchev–Trinajstić information content (AvgIpc) is 2.86. The number of rotatable bonds is 4. The molecule has 2 nitrogen and oxygen atoms in total. The van der Waals surface area contributed by atoms with Crippen molar-refractivity contribution in [2.24, 2.45) is 0 Å². The normalized spacial score (nSPS) is 14.2. The van der Waals surface area contributed by atoms with Crippen LogP contribution < -0.4 is 5.32 Å². The smallest absolute Gasteiger partial charge is 0.0570 e. The molecule has 2 atom stereocenters. The summed E-state index contributed by atoms with van der Waals surface area (Å²) in [6.07, 6.45) is 1.85. The molecule has 3 heteroatoms. The van der Waals surface area contributed by atoms with Gasteiger partial charge in [0.2, 0.25) is 0 Å². The van der Waals surface area contributed by atoms with Crippen LogP contribution in [0.2, 0.25) is 0 Å². The van der Waals surface area contributed by atoms with Crippen molar-refractivity contribution in [1.82, 2.24) is 10.3 Å². The molecule has 21 heavy (non-hydrogen) atoms. The van der Waals surface area contributed by atoms with Crippen LogP contribution in [0.5, 0.6) is 0 Å². The summed E-state index contributed by atoms with van der Waals surface area (Å²) in [4.78, 5) is 5.85. The first-order chi connectivity index (χ1) is 10.2. The van der Waals surface area contributed by atoms with E-state index in [1.54, 1.807) is 0 Å². The highest BCUT2D eigenvalue weighted by Gasteiger charge is 2.17. The van der Waals surface area contributed by atoms with Crippen LogP contribution in [0, 0.1) is 6.92 Å². The molecule has 2 heterocycles. The third-order valence-corrected chi connectivity index (χ3v) is 5.36. The van der Waals surface area contributed by atoms with Crippen molar-refractivity contribution in [2.75, 3.05) is 0 Å². The molecule has 1 N–H and O–H groups in total. The van der Waals surface area contributed by atoms with E-state index in [0.717, 1.165) is 5.69 Å². The molecule has 0 bridgehead atoms. The number of pyridine rings is 1. The summed E-state index contributed by atoms with van der Waals surface area (Å²) in [5.74, 6) is 0. The Kier molecular flexibility index (Phi) is 4.04. The third-order valence-electron chi connectivity index (χ3n) is 3.91. The van der Waals surface area contributed by atoms with Gasteiger partial charge in [-0.05, 0) is 49.9 Å². The Bertz CT molecular complexity index is 733. The highest BCUT2D eigenvalue weighted by atomic mass is 32.1. The van der Waals surface area contributed by atoms with E-state index < -0.39 is 0 Å². The number of fused-ring (bicyclic) bond motifs is 1. The first kappa shape index (κ1) is 14.2. The number of nitrogens with zero attached hydrogens (tertiary/aromatic N) is 1. The number of benzene rings is 1. The van der Waals surface area contributed by atoms with Gasteiger partial charge in [0.15, 0.2) is 0 Å². The molecule has 0 saturated heterocycles. The second-order valence-electron chi connectivity index (χ2n) is 5.45. The fourth-order valence-corrected chi connectivity index (χ4v) is 4.00. The van der Waals surface area contributed by atoms with E-state index >= 15 is 0 Å². The van der Waals surface area contributed by atoms with E-state index in [2.05, 4.69) is 61.4 Å². The Balaban J connectivity index is 1.84. The SMILES string of the molecule is Cc1c(C(C)NC(C)c2ccccn2)sc2ccccc12. The molecule has 0 aliphatic heterocycles. The Labute approximate surface area is 129 Å². The van der Waals surface area contributed by atoms with Crippen LogP contribution >= 0.6 is 11.3 Å². The number of aryl methyl sites for hydroxylation is 1. The van der Waals surface area contributed by atoms with Gasteiger partial charge in [-0.3, -0.25) is 4.98 Å². The molecule has 0 fully saturated rings. The molecule has 0 saturated carbocycles. The molecule has 2 aromatic heterocycles. The minimum Gasteiger partial charge on any atom is -0.301 e. The van der Waals surface area contributed by atoms with Crippen molar-refractivity contribution >= 4 is 21.4 Å². The second kappa shape index (κ2) is 5.96. The number of aromatic nitrogens is 1. The molecular weight excluding hydrogens is 276 g/mol. The molecule has 3 rings (SSSR count). The molecule has 1 aromatic carbocycles. The van der Waals surface area contributed by atoms with Crippen LogP contribution in [0.3, 0.4) is 0 Å². The maximum atomic E-state index is 4.43. The van der Waals surface area contributed by atoms with E-state index in [9.17, 15) is 0 Å². The van der Waals surface area contributed by atoms with Gasteiger partial charge in [-0.1, -0.05) is 24.3 Å². The van der Waals surface area contributed by atoms with Crippen LogP contribution in [-0.4, -0.2) is 4.98 Å². The van der Waals surface area contributed by atoms with Gasteiger partial charge >= 0.3 is 0 Å². The summed E-state index contributed by atoms with van der Waals surface area (Å²) in [5, 5.41) is 5.03. The van der Waals surface area contributed by atoms with Crippen LogP contribution in [-0.2, 0) is 0 Å². The summed E-state index contributed by atoms with van der Waals surface area (Å²) in [5.41, 5.74) is 2.48. The lowest BCUT2D eigenvalue weighted by Crippen LogP contribution is -2.22. The van der Waals surface area contributed by atoms with Gasteiger partial charge in [0, 0.05) is 27.9 Å². The summed E-state index contributed by atoms with van der Waals surface area (Å²) in [6, 6.07) is 15.3. The van der Waals surface area contributed by atoms with Gasteiger partial charge in [0.25, 0.3) is 0 Å². The van der Waals surface area contributed by atoms with Crippen LogP contribution in [0.1, 0.15) is 42.1 Å². The average molecular weight is 296 g/mol. The lowest BCUT2D eigenvalue weighted by Gasteiger charge is -2.19. The molecule has 0 aliphatic rings. The van der Waals surface area contributed by atoms with E-state index in [4.69, 9.17) is 0 Å². The van der Waals surface area contributed by atoms with Gasteiger partial charge < -0.3 is 5.32 Å². The first-order valence-corrected chi connectivity index (χ1v) is 8.13. The van der Waals surface area contributed by atoms with Gasteiger partial charge in [0.05, 0.1) is 5.69 Å². The largest absolute Gasteiger partial charge is 0.301 e. The van der Waals surface area contributed by atoms with Crippen LogP contribution in [0.25, 0.3) is 10.1 Å². The van der Waals surface area contributed by atoms with E-state index in [1.165, 1.54) is 20.5 Å². The van der Waals surface area contributed by atoms with Gasteiger partial charge in [-0.25, -0.2) is 0 Å². The van der Waals surface area contributed by atoms with E-state index in [-0.39, 0.29) is 6.04 Å². The zero-order chi connectivity index (χ0) is 14.8. The number of hydrogen-bond acceptors (Lipinski definition) is 3. The predicted octanol–water partition coefficient (Wildman–Crippen LogP) is 5.02. The molecule has 108 valence electrons. The van der Waals surface area contributed by atoms with E-state index in [1.807, 2.05) is 29.7 Å². The zero-order valence-corrected chi connectivity index (χ0v) is 13.4. The topological polar surface area (TPSA) is 24.9 Å². The number of thiophene rings is 1. The van der Waals surface area contributed by atoms with Crippen molar-refractivity contribution in [3.8, 4) is 0 Å².